The highest BCUT2D eigenvalue weighted by Crippen LogP contribution is 2.32. The van der Waals surface area contributed by atoms with Gasteiger partial charge in [-0.1, -0.05) is 46.0 Å². The standard InChI is InChI=1S/C13H26O3/c1-3-5-7-9-12-11-13(14,16-15-12)10-8-6-4-2/h12,14H,3-11H2,1-2H3/t12-,13?/m1/s1. The van der Waals surface area contributed by atoms with Crippen molar-refractivity contribution in [1.29, 1.82) is 0 Å². The van der Waals surface area contributed by atoms with Crippen LogP contribution in [0.2, 0.25) is 0 Å². The Kier molecular flexibility index (Phi) is 6.32. The van der Waals surface area contributed by atoms with Crippen molar-refractivity contribution < 1.29 is 14.9 Å². The van der Waals surface area contributed by atoms with Crippen molar-refractivity contribution in [3.63, 3.8) is 0 Å². The first kappa shape index (κ1) is 13.9. The van der Waals surface area contributed by atoms with E-state index in [0.717, 1.165) is 32.1 Å². The van der Waals surface area contributed by atoms with Crippen LogP contribution in [0.5, 0.6) is 0 Å². The molecule has 1 saturated heterocycles. The van der Waals surface area contributed by atoms with Crippen LogP contribution >= 0.6 is 0 Å². The topological polar surface area (TPSA) is 38.7 Å². The van der Waals surface area contributed by atoms with Crippen molar-refractivity contribution in [1.82, 2.24) is 0 Å². The van der Waals surface area contributed by atoms with Crippen LogP contribution in [0.1, 0.15) is 71.6 Å². The summed E-state index contributed by atoms with van der Waals surface area (Å²) < 4.78 is 0. The summed E-state index contributed by atoms with van der Waals surface area (Å²) >= 11 is 0. The molecule has 0 spiro atoms. The molecule has 2 atom stereocenters. The Morgan fingerprint density at radius 2 is 1.81 bits per heavy atom. The van der Waals surface area contributed by atoms with Crippen molar-refractivity contribution in [3.8, 4) is 0 Å². The van der Waals surface area contributed by atoms with Gasteiger partial charge in [-0.05, 0) is 12.8 Å². The zero-order valence-corrected chi connectivity index (χ0v) is 10.7. The molecule has 3 heteroatoms. The SMILES string of the molecule is CCCCC[C@@H]1CC(O)(CCCCC)OO1. The second kappa shape index (κ2) is 7.25. The fraction of sp³-hybridized carbons (Fsp3) is 1.00. The second-order valence-electron chi connectivity index (χ2n) is 4.90. The van der Waals surface area contributed by atoms with Crippen molar-refractivity contribution >= 4 is 0 Å². The quantitative estimate of drug-likeness (QED) is 0.512. The highest BCUT2D eigenvalue weighted by molar-refractivity contribution is 4.76. The maximum Gasteiger partial charge on any atom is 0.201 e. The first-order chi connectivity index (χ1) is 7.70. The second-order valence-corrected chi connectivity index (χ2v) is 4.90. The molecule has 1 N–H and O–H groups in total. The molecule has 1 unspecified atom stereocenters. The Balaban J connectivity index is 2.16. The predicted molar refractivity (Wildman–Crippen MR) is 63.8 cm³/mol. The van der Waals surface area contributed by atoms with Gasteiger partial charge in [0.25, 0.3) is 0 Å². The summed E-state index contributed by atoms with van der Waals surface area (Å²) in [5.74, 6) is -1.01. The molecule has 96 valence electrons. The number of unbranched alkanes of at least 4 members (excludes halogenated alkanes) is 4. The van der Waals surface area contributed by atoms with E-state index in [1.165, 1.54) is 12.8 Å². The lowest BCUT2D eigenvalue weighted by Gasteiger charge is -2.17. The molecule has 1 aliphatic rings. The third-order valence-corrected chi connectivity index (χ3v) is 3.19. The molecule has 0 bridgehead atoms. The van der Waals surface area contributed by atoms with E-state index in [9.17, 15) is 5.11 Å². The molecule has 0 saturated carbocycles. The number of aliphatic hydroxyl groups is 1. The highest BCUT2D eigenvalue weighted by atomic mass is 17.2. The van der Waals surface area contributed by atoms with Crippen LogP contribution in [0.15, 0.2) is 0 Å². The van der Waals surface area contributed by atoms with E-state index in [2.05, 4.69) is 13.8 Å². The van der Waals surface area contributed by atoms with Crippen LogP contribution < -0.4 is 0 Å². The third kappa shape index (κ3) is 4.81. The Morgan fingerprint density at radius 3 is 2.50 bits per heavy atom. The minimum atomic E-state index is -1.01. The lowest BCUT2D eigenvalue weighted by atomic mass is 9.99. The van der Waals surface area contributed by atoms with Gasteiger partial charge in [-0.3, -0.25) is 0 Å². The molecule has 1 rings (SSSR count). The van der Waals surface area contributed by atoms with E-state index < -0.39 is 5.79 Å². The molecule has 0 radical (unpaired) electrons. The minimum absolute atomic E-state index is 0.0955. The largest absolute Gasteiger partial charge is 0.363 e. The van der Waals surface area contributed by atoms with Gasteiger partial charge in [0.05, 0.1) is 6.10 Å². The maximum atomic E-state index is 10.1. The highest BCUT2D eigenvalue weighted by Gasteiger charge is 2.39. The molecule has 16 heavy (non-hydrogen) atoms. The average molecular weight is 230 g/mol. The molecule has 1 heterocycles. The van der Waals surface area contributed by atoms with Gasteiger partial charge < -0.3 is 5.11 Å². The lowest BCUT2D eigenvalue weighted by molar-refractivity contribution is -0.380. The fourth-order valence-corrected chi connectivity index (χ4v) is 2.15. The Labute approximate surface area is 99.1 Å². The van der Waals surface area contributed by atoms with E-state index in [1.807, 2.05) is 0 Å². The molecular weight excluding hydrogens is 204 g/mol. The van der Waals surface area contributed by atoms with Crippen LogP contribution in [0, 0.1) is 0 Å². The smallest absolute Gasteiger partial charge is 0.201 e. The van der Waals surface area contributed by atoms with Gasteiger partial charge in [0.1, 0.15) is 0 Å². The van der Waals surface area contributed by atoms with Crippen LogP contribution in [0.4, 0.5) is 0 Å². The zero-order chi connectivity index (χ0) is 11.9. The molecule has 0 amide bonds. The minimum Gasteiger partial charge on any atom is -0.363 e. The normalized spacial score (nSPS) is 29.8. The van der Waals surface area contributed by atoms with E-state index in [-0.39, 0.29) is 6.10 Å². The van der Waals surface area contributed by atoms with Crippen LogP contribution in [-0.4, -0.2) is 17.0 Å². The first-order valence-electron chi connectivity index (χ1n) is 6.77. The lowest BCUT2D eigenvalue weighted by Crippen LogP contribution is -2.27. The number of hydrogen-bond acceptors (Lipinski definition) is 3. The van der Waals surface area contributed by atoms with E-state index in [0.29, 0.717) is 12.8 Å². The summed E-state index contributed by atoms with van der Waals surface area (Å²) in [6.45, 7) is 4.34. The summed E-state index contributed by atoms with van der Waals surface area (Å²) in [4.78, 5) is 10.3. The zero-order valence-electron chi connectivity index (χ0n) is 10.7. The summed E-state index contributed by atoms with van der Waals surface area (Å²) in [5, 5.41) is 10.1. The molecule has 1 aliphatic heterocycles. The van der Waals surface area contributed by atoms with Gasteiger partial charge in [-0.15, -0.1) is 0 Å². The Hall–Kier alpha value is -0.120. The number of hydrogen-bond donors (Lipinski definition) is 1. The van der Waals surface area contributed by atoms with Gasteiger partial charge in [0.2, 0.25) is 5.79 Å². The van der Waals surface area contributed by atoms with Crippen molar-refractivity contribution in [2.75, 3.05) is 0 Å². The summed E-state index contributed by atoms with van der Waals surface area (Å²) in [5.41, 5.74) is 0. The molecule has 3 nitrogen and oxygen atoms in total. The van der Waals surface area contributed by atoms with Gasteiger partial charge in [0.15, 0.2) is 0 Å². The molecule has 1 fully saturated rings. The van der Waals surface area contributed by atoms with Crippen LogP contribution in [0.3, 0.4) is 0 Å². The first-order valence-corrected chi connectivity index (χ1v) is 6.77. The van der Waals surface area contributed by atoms with Crippen LogP contribution in [-0.2, 0) is 9.78 Å². The van der Waals surface area contributed by atoms with Gasteiger partial charge in [-0.25, -0.2) is 9.78 Å². The van der Waals surface area contributed by atoms with Crippen molar-refractivity contribution in [2.24, 2.45) is 0 Å². The maximum absolute atomic E-state index is 10.1. The van der Waals surface area contributed by atoms with E-state index in [1.54, 1.807) is 0 Å². The molecule has 0 aromatic rings. The van der Waals surface area contributed by atoms with Gasteiger partial charge >= 0.3 is 0 Å². The van der Waals surface area contributed by atoms with Gasteiger partial charge in [0, 0.05) is 12.8 Å². The monoisotopic (exact) mass is 230 g/mol. The summed E-state index contributed by atoms with van der Waals surface area (Å²) in [6, 6.07) is 0. The fourth-order valence-electron chi connectivity index (χ4n) is 2.15. The summed E-state index contributed by atoms with van der Waals surface area (Å²) in [7, 11) is 0. The van der Waals surface area contributed by atoms with Crippen molar-refractivity contribution in [2.45, 2.75) is 83.5 Å². The van der Waals surface area contributed by atoms with Crippen LogP contribution in [0.25, 0.3) is 0 Å². The summed E-state index contributed by atoms with van der Waals surface area (Å²) in [6.07, 6.45) is 9.37. The molecule has 0 aliphatic carbocycles. The van der Waals surface area contributed by atoms with E-state index >= 15 is 0 Å². The Bertz CT molecular complexity index is 184. The molecule has 0 aromatic heterocycles. The van der Waals surface area contributed by atoms with Crippen molar-refractivity contribution in [3.05, 3.63) is 0 Å². The van der Waals surface area contributed by atoms with Gasteiger partial charge in [-0.2, -0.15) is 0 Å². The molecule has 0 aromatic carbocycles. The third-order valence-electron chi connectivity index (χ3n) is 3.19. The van der Waals surface area contributed by atoms with E-state index in [4.69, 9.17) is 9.78 Å². The molecular formula is C13H26O3. The average Bonchev–Trinajstić information content (AvgIpc) is 2.62. The number of rotatable bonds is 8. The predicted octanol–water partition coefficient (Wildman–Crippen LogP) is 3.56. The Morgan fingerprint density at radius 1 is 1.12 bits per heavy atom.